The molecule has 5 heterocycles. The molecule has 0 spiro atoms. The van der Waals surface area contributed by atoms with E-state index in [4.69, 9.17) is 14.7 Å². The number of likely N-dealkylation sites (tertiary alicyclic amines) is 1. The second kappa shape index (κ2) is 9.75. The summed E-state index contributed by atoms with van der Waals surface area (Å²) in [6.07, 6.45) is 5.24. The number of ether oxygens (including phenoxy) is 1. The summed E-state index contributed by atoms with van der Waals surface area (Å²) in [6.45, 7) is 6.10. The minimum Gasteiger partial charge on any atom is -0.474 e. The van der Waals surface area contributed by atoms with Crippen molar-refractivity contribution in [2.75, 3.05) is 25.5 Å². The first-order chi connectivity index (χ1) is 18.1. The standard InChI is InChI=1S/C26H26N8O2S/c1-3-11-33-25(35)19-15-27-26(29-17-7-8-20-21(14-17)37-16-28-20)31-24(19)34(33)22-5-4-6-23(30-22)36-18-9-12-32(2)13-10-18/h3-8,14-16,18H,1,9-13H2,2H3,(H,27,29,31). The van der Waals surface area contributed by atoms with Gasteiger partial charge < -0.3 is 15.0 Å². The van der Waals surface area contributed by atoms with E-state index < -0.39 is 0 Å². The van der Waals surface area contributed by atoms with Crippen LogP contribution in [0.1, 0.15) is 12.8 Å². The number of nitrogens with zero attached hydrogens (tertiary/aromatic N) is 7. The van der Waals surface area contributed by atoms with Crippen molar-refractivity contribution in [2.45, 2.75) is 25.5 Å². The number of fused-ring (bicyclic) bond motifs is 2. The Bertz CT molecular complexity index is 1650. The second-order valence-corrected chi connectivity index (χ2v) is 9.92. The molecule has 1 fully saturated rings. The van der Waals surface area contributed by atoms with Crippen LogP contribution in [0.5, 0.6) is 5.88 Å². The van der Waals surface area contributed by atoms with E-state index in [-0.39, 0.29) is 11.7 Å². The summed E-state index contributed by atoms with van der Waals surface area (Å²) in [5.74, 6) is 1.44. The molecule has 1 aliphatic heterocycles. The summed E-state index contributed by atoms with van der Waals surface area (Å²) in [6, 6.07) is 11.4. The van der Waals surface area contributed by atoms with Crippen LogP contribution in [0, 0.1) is 0 Å². The van der Waals surface area contributed by atoms with Crippen molar-refractivity contribution in [3.05, 3.63) is 71.1 Å². The highest BCUT2D eigenvalue weighted by atomic mass is 32.1. The lowest BCUT2D eigenvalue weighted by atomic mass is 10.1. The van der Waals surface area contributed by atoms with Gasteiger partial charge in [0, 0.05) is 31.0 Å². The van der Waals surface area contributed by atoms with Gasteiger partial charge in [0.2, 0.25) is 11.8 Å². The zero-order valence-electron chi connectivity index (χ0n) is 20.4. The highest BCUT2D eigenvalue weighted by molar-refractivity contribution is 7.16. The van der Waals surface area contributed by atoms with E-state index >= 15 is 0 Å². The summed E-state index contributed by atoms with van der Waals surface area (Å²) >= 11 is 1.57. The zero-order chi connectivity index (χ0) is 25.4. The third kappa shape index (κ3) is 4.58. The lowest BCUT2D eigenvalue weighted by Gasteiger charge is -2.29. The first-order valence-corrected chi connectivity index (χ1v) is 13.0. The molecule has 6 rings (SSSR count). The number of benzene rings is 1. The predicted octanol–water partition coefficient (Wildman–Crippen LogP) is 3.99. The van der Waals surface area contributed by atoms with Crippen LogP contribution >= 0.6 is 11.3 Å². The molecular weight excluding hydrogens is 488 g/mol. The van der Waals surface area contributed by atoms with Crippen LogP contribution in [0.3, 0.4) is 0 Å². The largest absolute Gasteiger partial charge is 0.474 e. The summed E-state index contributed by atoms with van der Waals surface area (Å²) in [5.41, 5.74) is 3.83. The Morgan fingerprint density at radius 1 is 1.19 bits per heavy atom. The Balaban J connectivity index is 1.38. The minimum absolute atomic E-state index is 0.115. The summed E-state index contributed by atoms with van der Waals surface area (Å²) < 4.78 is 10.5. The summed E-state index contributed by atoms with van der Waals surface area (Å²) in [4.78, 5) is 33.7. The van der Waals surface area contributed by atoms with Crippen molar-refractivity contribution in [3.8, 4) is 11.7 Å². The molecular formula is C26H26N8O2S. The van der Waals surface area contributed by atoms with Crippen LogP contribution in [0.25, 0.3) is 27.1 Å². The third-order valence-corrected chi connectivity index (χ3v) is 7.24. The molecule has 0 radical (unpaired) electrons. The van der Waals surface area contributed by atoms with Crippen molar-refractivity contribution >= 4 is 44.2 Å². The van der Waals surface area contributed by atoms with Crippen LogP contribution in [0.2, 0.25) is 0 Å². The number of allylic oxidation sites excluding steroid dienone is 1. The molecule has 0 atom stereocenters. The smallest absolute Gasteiger partial charge is 0.278 e. The lowest BCUT2D eigenvalue weighted by molar-refractivity contribution is 0.110. The molecule has 4 aromatic heterocycles. The number of anilines is 2. The topological polar surface area (TPSA) is 103 Å². The molecule has 1 N–H and O–H groups in total. The minimum atomic E-state index is -0.212. The maximum absolute atomic E-state index is 13.3. The van der Waals surface area contributed by atoms with Crippen molar-refractivity contribution < 1.29 is 4.74 Å². The fraction of sp³-hybridized carbons (Fsp3) is 0.269. The maximum Gasteiger partial charge on any atom is 0.278 e. The highest BCUT2D eigenvalue weighted by Gasteiger charge is 2.21. The Kier molecular flexibility index (Phi) is 6.15. The van der Waals surface area contributed by atoms with Gasteiger partial charge in [0.1, 0.15) is 11.5 Å². The molecule has 0 unspecified atom stereocenters. The Hall–Kier alpha value is -4.09. The van der Waals surface area contributed by atoms with Crippen molar-refractivity contribution in [3.63, 3.8) is 0 Å². The number of rotatable bonds is 7. The highest BCUT2D eigenvalue weighted by Crippen LogP contribution is 2.25. The van der Waals surface area contributed by atoms with Crippen LogP contribution in [-0.2, 0) is 6.54 Å². The second-order valence-electron chi connectivity index (χ2n) is 9.03. The normalized spacial score (nSPS) is 14.8. The first kappa shape index (κ1) is 23.3. The number of hydrogen-bond donors (Lipinski definition) is 1. The molecule has 11 heteroatoms. The maximum atomic E-state index is 13.3. The molecule has 0 saturated carbocycles. The number of thiazole rings is 1. The molecule has 37 heavy (non-hydrogen) atoms. The quantitative estimate of drug-likeness (QED) is 0.325. The van der Waals surface area contributed by atoms with E-state index in [1.54, 1.807) is 33.0 Å². The molecule has 0 bridgehead atoms. The van der Waals surface area contributed by atoms with Crippen LogP contribution < -0.4 is 15.6 Å². The van der Waals surface area contributed by atoms with E-state index in [2.05, 4.69) is 33.8 Å². The number of piperidine rings is 1. The molecule has 1 aromatic carbocycles. The Morgan fingerprint density at radius 3 is 2.89 bits per heavy atom. The summed E-state index contributed by atoms with van der Waals surface area (Å²) in [5, 5.41) is 3.65. The van der Waals surface area contributed by atoms with E-state index in [1.807, 2.05) is 41.9 Å². The van der Waals surface area contributed by atoms with E-state index in [0.29, 0.717) is 35.2 Å². The van der Waals surface area contributed by atoms with E-state index in [1.165, 1.54) is 0 Å². The predicted molar refractivity (Wildman–Crippen MR) is 145 cm³/mol. The monoisotopic (exact) mass is 514 g/mol. The van der Waals surface area contributed by atoms with Gasteiger partial charge in [0.25, 0.3) is 5.56 Å². The number of nitrogens with one attached hydrogen (secondary N) is 1. The van der Waals surface area contributed by atoms with Crippen molar-refractivity contribution in [1.82, 2.24) is 34.2 Å². The molecule has 10 nitrogen and oxygen atoms in total. The van der Waals surface area contributed by atoms with Crippen LogP contribution in [0.4, 0.5) is 11.6 Å². The van der Waals surface area contributed by atoms with E-state index in [0.717, 1.165) is 41.8 Å². The molecule has 5 aromatic rings. The summed E-state index contributed by atoms with van der Waals surface area (Å²) in [7, 11) is 2.12. The van der Waals surface area contributed by atoms with Gasteiger partial charge in [-0.2, -0.15) is 9.97 Å². The first-order valence-electron chi connectivity index (χ1n) is 12.1. The average Bonchev–Trinajstić information content (AvgIpc) is 3.48. The Morgan fingerprint density at radius 2 is 2.05 bits per heavy atom. The van der Waals surface area contributed by atoms with Gasteiger partial charge in [0.15, 0.2) is 11.5 Å². The van der Waals surface area contributed by atoms with Gasteiger partial charge in [-0.25, -0.2) is 19.3 Å². The molecule has 1 aliphatic rings. The molecule has 188 valence electrons. The van der Waals surface area contributed by atoms with Crippen LogP contribution in [0.15, 0.2) is 65.6 Å². The van der Waals surface area contributed by atoms with E-state index in [9.17, 15) is 4.79 Å². The van der Waals surface area contributed by atoms with Gasteiger partial charge >= 0.3 is 0 Å². The molecule has 1 saturated heterocycles. The van der Waals surface area contributed by atoms with Gasteiger partial charge in [-0.1, -0.05) is 12.1 Å². The number of hydrogen-bond acceptors (Lipinski definition) is 9. The van der Waals surface area contributed by atoms with Gasteiger partial charge in [-0.05, 0) is 44.2 Å². The molecule has 0 amide bonds. The zero-order valence-corrected chi connectivity index (χ0v) is 21.2. The van der Waals surface area contributed by atoms with Gasteiger partial charge in [-0.3, -0.25) is 4.79 Å². The van der Waals surface area contributed by atoms with Gasteiger partial charge in [-0.15, -0.1) is 17.9 Å². The SMILES string of the molecule is C=CCn1c(=O)c2cnc(Nc3ccc4ncsc4c3)nc2n1-c1cccc(OC2CCN(C)CC2)n1. The fourth-order valence-corrected chi connectivity index (χ4v) is 5.25. The van der Waals surface area contributed by atoms with Crippen molar-refractivity contribution in [1.29, 1.82) is 0 Å². The number of aromatic nitrogens is 6. The lowest BCUT2D eigenvalue weighted by Crippen LogP contribution is -2.35. The number of pyridine rings is 1. The molecule has 0 aliphatic carbocycles. The van der Waals surface area contributed by atoms with Crippen molar-refractivity contribution in [2.24, 2.45) is 0 Å². The average molecular weight is 515 g/mol. The Labute approximate surface area is 216 Å². The van der Waals surface area contributed by atoms with Crippen LogP contribution in [-0.4, -0.2) is 60.4 Å². The fourth-order valence-electron chi connectivity index (χ4n) is 4.53. The van der Waals surface area contributed by atoms with Gasteiger partial charge in [0.05, 0.1) is 22.3 Å². The third-order valence-electron chi connectivity index (χ3n) is 6.44.